The van der Waals surface area contributed by atoms with Crippen molar-refractivity contribution in [1.29, 1.82) is 0 Å². The predicted octanol–water partition coefficient (Wildman–Crippen LogP) is 2.57. The molecule has 1 saturated heterocycles. The first-order valence-electron chi connectivity index (χ1n) is 10.4. The molecule has 1 aliphatic rings. The standard InChI is InChI=1S/C23H24ClFN4O4/c1-32-19-11-29(12-20(19)33-2)23(31)17(7-13-3-5-15(25)6-4-13)28-22(30)16-8-14-9-21(24)26-10-18(14)27-16/h3-6,8-10,17,19-20,27H,7,11-12H2,1-2H3,(H,28,30)/t17-,19-,20+/m0/s1. The van der Waals surface area contributed by atoms with E-state index >= 15 is 0 Å². The lowest BCUT2D eigenvalue weighted by atomic mass is 10.0. The number of aromatic nitrogens is 2. The van der Waals surface area contributed by atoms with Crippen LogP contribution < -0.4 is 5.32 Å². The molecule has 2 amide bonds. The Bertz CT molecular complexity index is 1140. The lowest BCUT2D eigenvalue weighted by Crippen LogP contribution is -2.49. The second kappa shape index (κ2) is 9.86. The molecule has 174 valence electrons. The average molecular weight is 475 g/mol. The summed E-state index contributed by atoms with van der Waals surface area (Å²) in [6, 6.07) is 8.26. The lowest BCUT2D eigenvalue weighted by Gasteiger charge is -2.24. The van der Waals surface area contributed by atoms with Gasteiger partial charge in [0.05, 0.1) is 11.7 Å². The molecule has 0 aliphatic carbocycles. The van der Waals surface area contributed by atoms with Crippen LogP contribution in [0.2, 0.25) is 5.15 Å². The minimum absolute atomic E-state index is 0.199. The van der Waals surface area contributed by atoms with E-state index in [2.05, 4.69) is 15.3 Å². The third-order valence-corrected chi connectivity index (χ3v) is 6.01. The minimum Gasteiger partial charge on any atom is -0.377 e. The molecular formula is C23H24ClFN4O4. The van der Waals surface area contributed by atoms with Gasteiger partial charge in [-0.15, -0.1) is 0 Å². The molecule has 1 fully saturated rings. The second-order valence-electron chi connectivity index (χ2n) is 7.93. The summed E-state index contributed by atoms with van der Waals surface area (Å²) in [7, 11) is 3.14. The molecule has 4 rings (SSSR count). The van der Waals surface area contributed by atoms with Gasteiger partial charge in [-0.2, -0.15) is 0 Å². The zero-order chi connectivity index (χ0) is 23.5. The molecule has 0 radical (unpaired) electrons. The van der Waals surface area contributed by atoms with Gasteiger partial charge in [-0.3, -0.25) is 9.59 Å². The first-order chi connectivity index (χ1) is 15.9. The van der Waals surface area contributed by atoms with Crippen LogP contribution in [-0.2, 0) is 20.7 Å². The van der Waals surface area contributed by atoms with Crippen molar-refractivity contribution in [3.8, 4) is 0 Å². The predicted molar refractivity (Wildman–Crippen MR) is 121 cm³/mol. The molecule has 0 saturated carbocycles. The number of nitrogens with zero attached hydrogens (tertiary/aromatic N) is 2. The fraction of sp³-hybridized carbons (Fsp3) is 0.348. The summed E-state index contributed by atoms with van der Waals surface area (Å²) < 4.78 is 24.2. The van der Waals surface area contributed by atoms with E-state index in [9.17, 15) is 14.0 Å². The van der Waals surface area contributed by atoms with Crippen LogP contribution in [0, 0.1) is 5.82 Å². The molecular weight excluding hydrogens is 451 g/mol. The van der Waals surface area contributed by atoms with Crippen LogP contribution in [0.25, 0.3) is 10.9 Å². The number of amides is 2. The SMILES string of the molecule is CO[C@H]1CN(C(=O)[C@H](Cc2ccc(F)cc2)NC(=O)c2cc3cc(Cl)ncc3[nH]2)C[C@H]1OC. The Morgan fingerprint density at radius 1 is 1.21 bits per heavy atom. The number of fused-ring (bicyclic) bond motifs is 1. The summed E-state index contributed by atoms with van der Waals surface area (Å²) in [5, 5.41) is 3.87. The monoisotopic (exact) mass is 474 g/mol. The Labute approximate surface area is 195 Å². The van der Waals surface area contributed by atoms with Crippen LogP contribution >= 0.6 is 11.6 Å². The molecule has 0 bridgehead atoms. The number of rotatable bonds is 7. The van der Waals surface area contributed by atoms with E-state index in [-0.39, 0.29) is 36.0 Å². The zero-order valence-electron chi connectivity index (χ0n) is 18.2. The topological polar surface area (TPSA) is 96.5 Å². The average Bonchev–Trinajstić information content (AvgIpc) is 3.43. The van der Waals surface area contributed by atoms with Gasteiger partial charge in [0.2, 0.25) is 5.91 Å². The third-order valence-electron chi connectivity index (χ3n) is 5.81. The van der Waals surface area contributed by atoms with Crippen molar-refractivity contribution >= 4 is 34.3 Å². The van der Waals surface area contributed by atoms with E-state index in [0.717, 1.165) is 5.39 Å². The second-order valence-corrected chi connectivity index (χ2v) is 8.31. The van der Waals surface area contributed by atoms with E-state index in [1.165, 1.54) is 18.3 Å². The van der Waals surface area contributed by atoms with E-state index in [1.54, 1.807) is 43.4 Å². The van der Waals surface area contributed by atoms with Crippen LogP contribution in [0.15, 0.2) is 42.6 Å². The number of benzene rings is 1. The van der Waals surface area contributed by atoms with Crippen molar-refractivity contribution in [2.75, 3.05) is 27.3 Å². The molecule has 1 aromatic carbocycles. The number of nitrogens with one attached hydrogen (secondary N) is 2. The van der Waals surface area contributed by atoms with Crippen LogP contribution in [-0.4, -0.2) is 72.2 Å². The van der Waals surface area contributed by atoms with Crippen LogP contribution in [0.5, 0.6) is 0 Å². The van der Waals surface area contributed by atoms with E-state index in [0.29, 0.717) is 29.3 Å². The van der Waals surface area contributed by atoms with Gasteiger partial charge in [0.15, 0.2) is 0 Å². The molecule has 3 atom stereocenters. The van der Waals surface area contributed by atoms with Gasteiger partial charge in [-0.05, 0) is 29.8 Å². The Morgan fingerprint density at radius 2 is 1.88 bits per heavy atom. The van der Waals surface area contributed by atoms with Crippen molar-refractivity contribution in [1.82, 2.24) is 20.2 Å². The number of hydrogen-bond donors (Lipinski definition) is 2. The molecule has 2 N–H and O–H groups in total. The largest absolute Gasteiger partial charge is 0.377 e. The molecule has 3 heterocycles. The summed E-state index contributed by atoms with van der Waals surface area (Å²) in [6.07, 6.45) is 1.22. The van der Waals surface area contributed by atoms with Gasteiger partial charge >= 0.3 is 0 Å². The number of carbonyl (C=O) groups is 2. The molecule has 0 spiro atoms. The number of methoxy groups -OCH3 is 2. The van der Waals surface area contributed by atoms with Crippen molar-refractivity contribution < 1.29 is 23.5 Å². The number of ether oxygens (including phenoxy) is 2. The lowest BCUT2D eigenvalue weighted by molar-refractivity contribution is -0.132. The maximum Gasteiger partial charge on any atom is 0.268 e. The molecule has 3 aromatic rings. The highest BCUT2D eigenvalue weighted by molar-refractivity contribution is 6.30. The highest BCUT2D eigenvalue weighted by atomic mass is 35.5. The number of hydrogen-bond acceptors (Lipinski definition) is 5. The quantitative estimate of drug-likeness (QED) is 0.513. The third kappa shape index (κ3) is 5.16. The Hall–Kier alpha value is -3.01. The maximum absolute atomic E-state index is 13.4. The van der Waals surface area contributed by atoms with E-state index in [1.807, 2.05) is 0 Å². The summed E-state index contributed by atoms with van der Waals surface area (Å²) in [6.45, 7) is 0.695. The fourth-order valence-corrected chi connectivity index (χ4v) is 4.18. The van der Waals surface area contributed by atoms with Crippen LogP contribution in [0.4, 0.5) is 4.39 Å². The first kappa shape index (κ1) is 23.2. The minimum atomic E-state index is -0.871. The number of halogens is 2. The van der Waals surface area contributed by atoms with Gasteiger partial charge in [0, 0.05) is 39.1 Å². The van der Waals surface area contributed by atoms with E-state index in [4.69, 9.17) is 21.1 Å². The molecule has 1 aliphatic heterocycles. The fourth-order valence-electron chi connectivity index (χ4n) is 4.02. The number of aromatic amines is 1. The van der Waals surface area contributed by atoms with Crippen molar-refractivity contribution in [2.45, 2.75) is 24.7 Å². The molecule has 10 heteroatoms. The van der Waals surface area contributed by atoms with Crippen molar-refractivity contribution in [3.05, 3.63) is 64.8 Å². The zero-order valence-corrected chi connectivity index (χ0v) is 18.9. The molecule has 2 aromatic heterocycles. The van der Waals surface area contributed by atoms with Gasteiger partial charge in [0.25, 0.3) is 5.91 Å². The molecule has 8 nitrogen and oxygen atoms in total. The normalized spacial score (nSPS) is 19.1. The highest BCUT2D eigenvalue weighted by Gasteiger charge is 2.38. The van der Waals surface area contributed by atoms with Crippen molar-refractivity contribution in [3.63, 3.8) is 0 Å². The smallest absolute Gasteiger partial charge is 0.268 e. The summed E-state index contributed by atoms with van der Waals surface area (Å²) >= 11 is 5.93. The van der Waals surface area contributed by atoms with Gasteiger partial charge in [-0.25, -0.2) is 9.37 Å². The van der Waals surface area contributed by atoms with Gasteiger partial charge in [0.1, 0.15) is 34.9 Å². The maximum atomic E-state index is 13.4. The number of H-pyrrole nitrogens is 1. The number of carbonyl (C=O) groups excluding carboxylic acids is 2. The highest BCUT2D eigenvalue weighted by Crippen LogP contribution is 2.20. The van der Waals surface area contributed by atoms with Crippen LogP contribution in [0.3, 0.4) is 0 Å². The number of pyridine rings is 1. The number of likely N-dealkylation sites (tertiary alicyclic amines) is 1. The molecule has 0 unspecified atom stereocenters. The summed E-state index contributed by atoms with van der Waals surface area (Å²) in [5.41, 5.74) is 1.64. The van der Waals surface area contributed by atoms with Crippen LogP contribution in [0.1, 0.15) is 16.1 Å². The first-order valence-corrected chi connectivity index (χ1v) is 10.8. The summed E-state index contributed by atoms with van der Waals surface area (Å²) in [5.74, 6) is -1.09. The van der Waals surface area contributed by atoms with E-state index < -0.39 is 11.9 Å². The summed E-state index contributed by atoms with van der Waals surface area (Å²) in [4.78, 5) is 35.1. The Morgan fingerprint density at radius 3 is 2.52 bits per heavy atom. The van der Waals surface area contributed by atoms with Gasteiger partial charge in [-0.1, -0.05) is 23.7 Å². The Balaban J connectivity index is 1.56. The van der Waals surface area contributed by atoms with Crippen molar-refractivity contribution in [2.24, 2.45) is 0 Å². The molecule has 33 heavy (non-hydrogen) atoms. The Kier molecular flexibility index (Phi) is 6.92. The van der Waals surface area contributed by atoms with Gasteiger partial charge < -0.3 is 24.7 Å².